The lowest BCUT2D eigenvalue weighted by Crippen LogP contribution is -2.50. The van der Waals surface area contributed by atoms with Gasteiger partial charge in [-0.15, -0.1) is 0 Å². The summed E-state index contributed by atoms with van der Waals surface area (Å²) < 4.78 is 0. The predicted octanol–water partition coefficient (Wildman–Crippen LogP) is 1.09. The number of benzene rings is 1. The third kappa shape index (κ3) is 3.05. The first-order valence-corrected chi connectivity index (χ1v) is 6.48. The van der Waals surface area contributed by atoms with Gasteiger partial charge in [-0.05, 0) is 18.2 Å². The van der Waals surface area contributed by atoms with Crippen LogP contribution in [0.4, 0.5) is 0 Å². The maximum atomic E-state index is 12.2. The minimum absolute atomic E-state index is 0.0886. The molecule has 0 bridgehead atoms. The molecule has 1 heterocycles. The second-order valence-electron chi connectivity index (χ2n) is 4.58. The lowest BCUT2D eigenvalue weighted by molar-refractivity contribution is -0.132. The van der Waals surface area contributed by atoms with Crippen LogP contribution in [0.5, 0.6) is 5.75 Å². The van der Waals surface area contributed by atoms with E-state index in [1.54, 1.807) is 21.9 Å². The van der Waals surface area contributed by atoms with Crippen molar-refractivity contribution in [1.29, 1.82) is 0 Å². The molecule has 2 rings (SSSR count). The molecule has 5 nitrogen and oxygen atoms in total. The van der Waals surface area contributed by atoms with Crippen molar-refractivity contribution in [2.75, 3.05) is 26.2 Å². The van der Waals surface area contributed by atoms with Crippen molar-refractivity contribution in [2.24, 2.45) is 0 Å². The molecular weight excluding hydrogens is 244 g/mol. The Kier molecular flexibility index (Phi) is 4.04. The van der Waals surface area contributed by atoms with Crippen LogP contribution >= 0.6 is 0 Å². The average molecular weight is 262 g/mol. The molecule has 102 valence electrons. The number of hydrogen-bond donors (Lipinski definition) is 1. The number of amides is 2. The van der Waals surface area contributed by atoms with Crippen LogP contribution in [0.15, 0.2) is 24.3 Å². The highest BCUT2D eigenvalue weighted by Gasteiger charge is 2.24. The van der Waals surface area contributed by atoms with Crippen LogP contribution in [0.25, 0.3) is 0 Å². The number of carbonyl (C=O) groups is 2. The van der Waals surface area contributed by atoms with Gasteiger partial charge in [-0.25, -0.2) is 0 Å². The summed E-state index contributed by atoms with van der Waals surface area (Å²) in [5, 5.41) is 9.38. The molecule has 1 aromatic carbocycles. The molecule has 5 heteroatoms. The number of phenols is 1. The van der Waals surface area contributed by atoms with E-state index in [0.717, 1.165) is 0 Å². The van der Waals surface area contributed by atoms with Crippen molar-refractivity contribution in [3.63, 3.8) is 0 Å². The molecule has 2 amide bonds. The van der Waals surface area contributed by atoms with E-state index in [2.05, 4.69) is 0 Å². The quantitative estimate of drug-likeness (QED) is 0.867. The molecule has 19 heavy (non-hydrogen) atoms. The highest BCUT2D eigenvalue weighted by Crippen LogP contribution is 2.14. The smallest absolute Gasteiger partial charge is 0.254 e. The van der Waals surface area contributed by atoms with Gasteiger partial charge in [0.25, 0.3) is 5.91 Å². The van der Waals surface area contributed by atoms with Crippen LogP contribution in [-0.2, 0) is 4.79 Å². The summed E-state index contributed by atoms with van der Waals surface area (Å²) in [4.78, 5) is 27.3. The van der Waals surface area contributed by atoms with Gasteiger partial charge >= 0.3 is 0 Å². The lowest BCUT2D eigenvalue weighted by atomic mass is 10.1. The molecule has 1 fully saturated rings. The van der Waals surface area contributed by atoms with Gasteiger partial charge in [0.05, 0.1) is 0 Å². The van der Waals surface area contributed by atoms with Crippen LogP contribution < -0.4 is 0 Å². The average Bonchev–Trinajstić information content (AvgIpc) is 2.46. The SMILES string of the molecule is CCC(=O)N1CCN(C(=O)c2cccc(O)c2)CC1. The summed E-state index contributed by atoms with van der Waals surface area (Å²) in [6.07, 6.45) is 0.501. The van der Waals surface area contributed by atoms with Crippen LogP contribution in [0.3, 0.4) is 0 Å². The van der Waals surface area contributed by atoms with E-state index < -0.39 is 0 Å². The maximum Gasteiger partial charge on any atom is 0.254 e. The van der Waals surface area contributed by atoms with Gasteiger partial charge in [-0.2, -0.15) is 0 Å². The zero-order chi connectivity index (χ0) is 13.8. The molecule has 0 unspecified atom stereocenters. The third-order valence-corrected chi connectivity index (χ3v) is 3.32. The van der Waals surface area contributed by atoms with Gasteiger partial charge in [-0.1, -0.05) is 13.0 Å². The first kappa shape index (κ1) is 13.4. The molecule has 0 aromatic heterocycles. The minimum Gasteiger partial charge on any atom is -0.508 e. The van der Waals surface area contributed by atoms with Crippen LogP contribution in [0.2, 0.25) is 0 Å². The Morgan fingerprint density at radius 3 is 2.37 bits per heavy atom. The fraction of sp³-hybridized carbons (Fsp3) is 0.429. The summed E-state index contributed by atoms with van der Waals surface area (Å²) >= 11 is 0. The molecule has 0 spiro atoms. The first-order valence-electron chi connectivity index (χ1n) is 6.48. The van der Waals surface area contributed by atoms with Gasteiger partial charge in [-0.3, -0.25) is 9.59 Å². The molecule has 0 radical (unpaired) electrons. The number of rotatable bonds is 2. The minimum atomic E-state index is -0.0977. The van der Waals surface area contributed by atoms with Crippen molar-refractivity contribution < 1.29 is 14.7 Å². The lowest BCUT2D eigenvalue weighted by Gasteiger charge is -2.34. The topological polar surface area (TPSA) is 60.9 Å². The van der Waals surface area contributed by atoms with Crippen molar-refractivity contribution in [2.45, 2.75) is 13.3 Å². The number of hydrogen-bond acceptors (Lipinski definition) is 3. The van der Waals surface area contributed by atoms with Gasteiger partial charge < -0.3 is 14.9 Å². The van der Waals surface area contributed by atoms with E-state index in [4.69, 9.17) is 0 Å². The Bertz CT molecular complexity index is 479. The number of aromatic hydroxyl groups is 1. The molecule has 1 aromatic rings. The molecule has 1 aliphatic rings. The van der Waals surface area contributed by atoms with Gasteiger partial charge in [0, 0.05) is 38.2 Å². The largest absolute Gasteiger partial charge is 0.508 e. The molecule has 0 atom stereocenters. The maximum absolute atomic E-state index is 12.2. The number of carbonyl (C=O) groups excluding carboxylic acids is 2. The third-order valence-electron chi connectivity index (χ3n) is 3.32. The Morgan fingerprint density at radius 1 is 1.16 bits per heavy atom. The predicted molar refractivity (Wildman–Crippen MR) is 70.9 cm³/mol. The summed E-state index contributed by atoms with van der Waals surface area (Å²) in [6.45, 7) is 4.08. The Morgan fingerprint density at radius 2 is 1.79 bits per heavy atom. The molecule has 1 saturated heterocycles. The van der Waals surface area contributed by atoms with Crippen LogP contribution in [0.1, 0.15) is 23.7 Å². The second kappa shape index (κ2) is 5.73. The molecule has 1 N–H and O–H groups in total. The number of piperazine rings is 1. The van der Waals surface area contributed by atoms with Crippen molar-refractivity contribution in [3.8, 4) is 5.75 Å². The summed E-state index contributed by atoms with van der Waals surface area (Å²) in [5.41, 5.74) is 0.482. The standard InChI is InChI=1S/C14H18N2O3/c1-2-13(18)15-6-8-16(9-7-15)14(19)11-4-3-5-12(17)10-11/h3-5,10,17H,2,6-9H2,1H3. The normalized spacial score (nSPS) is 15.4. The van der Waals surface area contributed by atoms with E-state index >= 15 is 0 Å². The van der Waals surface area contributed by atoms with E-state index in [1.807, 2.05) is 6.92 Å². The fourth-order valence-corrected chi connectivity index (χ4v) is 2.20. The molecule has 0 saturated carbocycles. The summed E-state index contributed by atoms with van der Waals surface area (Å²) in [7, 11) is 0. The van der Waals surface area contributed by atoms with E-state index in [1.165, 1.54) is 12.1 Å². The monoisotopic (exact) mass is 262 g/mol. The van der Waals surface area contributed by atoms with Crippen LogP contribution in [-0.4, -0.2) is 52.9 Å². The highest BCUT2D eigenvalue weighted by molar-refractivity contribution is 5.94. The molecule has 1 aliphatic heterocycles. The van der Waals surface area contributed by atoms with E-state index in [-0.39, 0.29) is 17.6 Å². The van der Waals surface area contributed by atoms with Crippen molar-refractivity contribution in [3.05, 3.63) is 29.8 Å². The number of phenolic OH excluding ortho intramolecular Hbond substituents is 1. The first-order chi connectivity index (χ1) is 9.11. The highest BCUT2D eigenvalue weighted by atomic mass is 16.3. The summed E-state index contributed by atoms with van der Waals surface area (Å²) in [6, 6.07) is 6.34. The van der Waals surface area contributed by atoms with E-state index in [9.17, 15) is 14.7 Å². The molecule has 0 aliphatic carbocycles. The van der Waals surface area contributed by atoms with Crippen molar-refractivity contribution >= 4 is 11.8 Å². The Hall–Kier alpha value is -2.04. The molecular formula is C14H18N2O3. The Labute approximate surface area is 112 Å². The van der Waals surface area contributed by atoms with Gasteiger partial charge in [0.15, 0.2) is 0 Å². The summed E-state index contributed by atoms with van der Waals surface area (Å²) in [5.74, 6) is 0.120. The second-order valence-corrected chi connectivity index (χ2v) is 4.58. The fourth-order valence-electron chi connectivity index (χ4n) is 2.20. The zero-order valence-corrected chi connectivity index (χ0v) is 11.0. The van der Waals surface area contributed by atoms with Gasteiger partial charge in [0.2, 0.25) is 5.91 Å². The van der Waals surface area contributed by atoms with Gasteiger partial charge in [0.1, 0.15) is 5.75 Å². The van der Waals surface area contributed by atoms with Crippen LogP contribution in [0, 0.1) is 0 Å². The van der Waals surface area contributed by atoms with Crippen molar-refractivity contribution in [1.82, 2.24) is 9.80 Å². The number of nitrogens with zero attached hydrogens (tertiary/aromatic N) is 2. The zero-order valence-electron chi connectivity index (χ0n) is 11.0. The Balaban J connectivity index is 1.98. The van der Waals surface area contributed by atoms with E-state index in [0.29, 0.717) is 38.2 Å².